The number of allylic oxidation sites excluding steroid dienone is 1. The number of carbonyl (C=O) groups is 3. The summed E-state index contributed by atoms with van der Waals surface area (Å²) in [5.74, 6) is -2.18. The van der Waals surface area contributed by atoms with E-state index in [1.165, 1.54) is 12.1 Å². The molecule has 1 aliphatic rings. The van der Waals surface area contributed by atoms with Crippen LogP contribution in [0, 0.1) is 5.41 Å². The summed E-state index contributed by atoms with van der Waals surface area (Å²) in [6, 6.07) is 7.75. The first kappa shape index (κ1) is 26.8. The molecule has 1 saturated carbocycles. The van der Waals surface area contributed by atoms with E-state index in [4.69, 9.17) is 9.47 Å². The van der Waals surface area contributed by atoms with Crippen LogP contribution >= 0.6 is 0 Å². The van der Waals surface area contributed by atoms with Gasteiger partial charge in [0.05, 0.1) is 4.90 Å². The lowest BCUT2D eigenvalue weighted by Crippen LogP contribution is -2.49. The monoisotopic (exact) mass is 478 g/mol. The van der Waals surface area contributed by atoms with E-state index >= 15 is 0 Å². The number of hydrogen-bond donors (Lipinski definition) is 0. The molecular formula is C25H34O7S. The maximum atomic E-state index is 13.3. The molecule has 7 nitrogen and oxygen atoms in total. The Hall–Kier alpha value is -2.48. The Bertz CT molecular complexity index is 997. The first-order valence-electron chi connectivity index (χ1n) is 10.9. The average molecular weight is 479 g/mol. The summed E-state index contributed by atoms with van der Waals surface area (Å²) in [5, 5.41) is -1.33. The topological polar surface area (TPSA) is 104 Å². The van der Waals surface area contributed by atoms with E-state index in [0.29, 0.717) is 5.57 Å². The normalized spacial score (nSPS) is 19.9. The van der Waals surface area contributed by atoms with Gasteiger partial charge in [-0.15, -0.1) is 0 Å². The van der Waals surface area contributed by atoms with Crippen LogP contribution in [0.25, 0.3) is 0 Å². The second-order valence-electron chi connectivity index (χ2n) is 10.5. The van der Waals surface area contributed by atoms with Crippen LogP contribution in [0.1, 0.15) is 67.2 Å². The maximum absolute atomic E-state index is 13.3. The smallest absolute Gasteiger partial charge is 0.324 e. The molecule has 0 bridgehead atoms. The molecule has 1 atom stereocenters. The first-order valence-corrected chi connectivity index (χ1v) is 12.5. The van der Waals surface area contributed by atoms with Gasteiger partial charge in [0.2, 0.25) is 0 Å². The highest BCUT2D eigenvalue weighted by molar-refractivity contribution is 7.92. The molecule has 0 N–H and O–H groups in total. The maximum Gasteiger partial charge on any atom is 0.324 e. The zero-order valence-corrected chi connectivity index (χ0v) is 21.1. The third-order valence-electron chi connectivity index (χ3n) is 5.21. The van der Waals surface area contributed by atoms with Crippen LogP contribution in [0.5, 0.6) is 0 Å². The van der Waals surface area contributed by atoms with Crippen molar-refractivity contribution in [2.24, 2.45) is 5.41 Å². The molecule has 8 heteroatoms. The van der Waals surface area contributed by atoms with E-state index in [9.17, 15) is 22.8 Å². The zero-order valence-electron chi connectivity index (χ0n) is 20.3. The number of ketones is 1. The van der Waals surface area contributed by atoms with Crippen molar-refractivity contribution in [1.82, 2.24) is 0 Å². The van der Waals surface area contributed by atoms with Crippen LogP contribution in [0.3, 0.4) is 0 Å². The molecule has 0 unspecified atom stereocenters. The van der Waals surface area contributed by atoms with E-state index in [0.717, 1.165) is 0 Å². The van der Waals surface area contributed by atoms with E-state index in [1.54, 1.807) is 59.7 Å². The number of Topliss-reactive ketones (excluding diaryl/α,β-unsaturated/α-hetero) is 1. The van der Waals surface area contributed by atoms with Crippen molar-refractivity contribution in [3.8, 4) is 0 Å². The van der Waals surface area contributed by atoms with E-state index < -0.39 is 49.4 Å². The molecule has 0 aliphatic heterocycles. The molecule has 0 spiro atoms. The Balaban J connectivity index is 2.46. The molecule has 33 heavy (non-hydrogen) atoms. The summed E-state index contributed by atoms with van der Waals surface area (Å²) < 4.78 is 37.4. The third kappa shape index (κ3) is 6.53. The van der Waals surface area contributed by atoms with Crippen LogP contribution in [-0.4, -0.2) is 42.6 Å². The van der Waals surface area contributed by atoms with Gasteiger partial charge in [-0.3, -0.25) is 14.4 Å². The summed E-state index contributed by atoms with van der Waals surface area (Å²) in [6.45, 7) is 14.0. The Morgan fingerprint density at radius 2 is 1.45 bits per heavy atom. The molecule has 1 aliphatic carbocycles. The molecule has 0 aromatic heterocycles. The summed E-state index contributed by atoms with van der Waals surface area (Å²) in [7, 11) is -3.96. The van der Waals surface area contributed by atoms with E-state index in [1.807, 2.05) is 0 Å². The van der Waals surface area contributed by atoms with Gasteiger partial charge in [-0.2, -0.15) is 0 Å². The second kappa shape index (κ2) is 9.41. The van der Waals surface area contributed by atoms with Crippen molar-refractivity contribution in [3.05, 3.63) is 42.5 Å². The van der Waals surface area contributed by atoms with Crippen LogP contribution in [0.15, 0.2) is 47.4 Å². The minimum Gasteiger partial charge on any atom is -0.459 e. The zero-order chi connectivity index (χ0) is 25.2. The minimum atomic E-state index is -3.96. The van der Waals surface area contributed by atoms with Crippen LogP contribution in [0.4, 0.5) is 0 Å². The van der Waals surface area contributed by atoms with Gasteiger partial charge in [0.15, 0.2) is 21.0 Å². The Labute approximate surface area is 196 Å². The molecule has 2 rings (SSSR count). The molecule has 0 saturated heterocycles. The van der Waals surface area contributed by atoms with Gasteiger partial charge in [-0.25, -0.2) is 8.42 Å². The van der Waals surface area contributed by atoms with Crippen LogP contribution in [-0.2, 0) is 33.7 Å². The van der Waals surface area contributed by atoms with Crippen LogP contribution in [0.2, 0.25) is 0 Å². The van der Waals surface area contributed by atoms with Crippen molar-refractivity contribution in [1.29, 1.82) is 0 Å². The molecule has 1 aromatic rings. The number of hydrogen-bond acceptors (Lipinski definition) is 7. The Morgan fingerprint density at radius 3 is 1.91 bits per heavy atom. The average Bonchev–Trinajstić information content (AvgIpc) is 2.65. The van der Waals surface area contributed by atoms with Gasteiger partial charge < -0.3 is 9.47 Å². The predicted octanol–water partition coefficient (Wildman–Crippen LogP) is 4.20. The Kier molecular flexibility index (Phi) is 7.63. The molecule has 0 amide bonds. The second-order valence-corrected chi connectivity index (χ2v) is 12.7. The highest BCUT2D eigenvalue weighted by Crippen LogP contribution is 2.41. The van der Waals surface area contributed by atoms with Crippen LogP contribution < -0.4 is 0 Å². The number of benzene rings is 1. The van der Waals surface area contributed by atoms with Gasteiger partial charge in [0.1, 0.15) is 16.5 Å². The number of rotatable bonds is 4. The highest BCUT2D eigenvalue weighted by Gasteiger charge is 2.53. The lowest BCUT2D eigenvalue weighted by Gasteiger charge is -2.37. The summed E-state index contributed by atoms with van der Waals surface area (Å²) >= 11 is 0. The molecular weight excluding hydrogens is 444 g/mol. The number of carbonyl (C=O) groups excluding carboxylic acids is 3. The summed E-state index contributed by atoms with van der Waals surface area (Å²) in [5.41, 5.74) is -3.24. The molecule has 0 radical (unpaired) electrons. The van der Waals surface area contributed by atoms with Gasteiger partial charge in [-0.1, -0.05) is 30.4 Å². The lowest BCUT2D eigenvalue weighted by molar-refractivity contribution is -0.186. The van der Waals surface area contributed by atoms with Crippen molar-refractivity contribution in [3.63, 3.8) is 0 Å². The SMILES string of the molecule is C=C1C[C@@H](S(=O)(=O)c2ccccc2)C(=O)CCC(C(=O)OC(C)(C)C)(C(=O)OC(C)(C)C)C1. The Morgan fingerprint density at radius 1 is 0.970 bits per heavy atom. The fourth-order valence-electron chi connectivity index (χ4n) is 3.70. The fourth-order valence-corrected chi connectivity index (χ4v) is 5.49. The summed E-state index contributed by atoms with van der Waals surface area (Å²) in [6.07, 6.45) is -0.869. The largest absolute Gasteiger partial charge is 0.459 e. The van der Waals surface area contributed by atoms with E-state index in [2.05, 4.69) is 6.58 Å². The molecule has 1 aromatic carbocycles. The number of sulfone groups is 1. The fraction of sp³-hybridized carbons (Fsp3) is 0.560. The third-order valence-corrected chi connectivity index (χ3v) is 7.32. The van der Waals surface area contributed by atoms with Crippen molar-refractivity contribution < 1.29 is 32.3 Å². The van der Waals surface area contributed by atoms with Gasteiger partial charge >= 0.3 is 11.9 Å². The molecule has 1 fully saturated rings. The minimum absolute atomic E-state index is 0.0438. The van der Waals surface area contributed by atoms with Gasteiger partial charge in [-0.05, 0) is 72.9 Å². The predicted molar refractivity (Wildman–Crippen MR) is 124 cm³/mol. The van der Waals surface area contributed by atoms with Gasteiger partial charge in [0.25, 0.3) is 0 Å². The standard InChI is InChI=1S/C25H34O7S/c1-17-15-20(33(29,30)18-11-9-8-10-12-18)19(26)13-14-25(16-17,21(27)31-23(2,3)4)22(28)32-24(5,6)7/h8-12,20H,1,13-16H2,2-7H3/t20-/m1/s1. The molecule has 182 valence electrons. The van der Waals surface area contributed by atoms with Gasteiger partial charge in [0, 0.05) is 6.42 Å². The highest BCUT2D eigenvalue weighted by atomic mass is 32.2. The number of esters is 2. The van der Waals surface area contributed by atoms with E-state index in [-0.39, 0.29) is 30.6 Å². The van der Waals surface area contributed by atoms with Crippen molar-refractivity contribution >= 4 is 27.6 Å². The van der Waals surface area contributed by atoms with Crippen molar-refractivity contribution in [2.75, 3.05) is 0 Å². The first-order chi connectivity index (χ1) is 15.0. The molecule has 0 heterocycles. The number of ether oxygens (including phenoxy) is 2. The van der Waals surface area contributed by atoms with Crippen molar-refractivity contribution in [2.45, 2.75) is 88.6 Å². The quantitative estimate of drug-likeness (QED) is 0.363. The lowest BCUT2D eigenvalue weighted by atomic mass is 9.74. The summed E-state index contributed by atoms with van der Waals surface area (Å²) in [4.78, 5) is 39.7.